The molecule has 5 heteroatoms. The highest BCUT2D eigenvalue weighted by atomic mass is 16.2. The van der Waals surface area contributed by atoms with Crippen molar-refractivity contribution in [2.75, 3.05) is 13.6 Å². The molecule has 1 saturated heterocycles. The second-order valence-corrected chi connectivity index (χ2v) is 5.00. The maximum Gasteiger partial charge on any atom is 0.251 e. The van der Waals surface area contributed by atoms with E-state index in [2.05, 4.69) is 16.0 Å². The third-order valence-electron chi connectivity index (χ3n) is 3.54. The molecule has 108 valence electrons. The molecule has 0 spiro atoms. The number of hydrogen-bond acceptors (Lipinski definition) is 3. The van der Waals surface area contributed by atoms with Crippen molar-refractivity contribution in [3.8, 4) is 0 Å². The number of carbonyl (C=O) groups excluding carboxylic acids is 2. The van der Waals surface area contributed by atoms with Crippen LogP contribution in [0.4, 0.5) is 0 Å². The Bertz CT molecular complexity index is 465. The normalized spacial score (nSPS) is 18.4. The molecule has 3 N–H and O–H groups in total. The van der Waals surface area contributed by atoms with Crippen LogP contribution in [0, 0.1) is 0 Å². The lowest BCUT2D eigenvalue weighted by Gasteiger charge is -2.22. The number of rotatable bonds is 4. The molecule has 2 rings (SSSR count). The summed E-state index contributed by atoms with van der Waals surface area (Å²) in [6, 6.07) is 7.19. The highest BCUT2D eigenvalue weighted by Gasteiger charge is 2.19. The van der Waals surface area contributed by atoms with Crippen LogP contribution in [0.25, 0.3) is 0 Å². The van der Waals surface area contributed by atoms with Gasteiger partial charge in [0.25, 0.3) is 5.91 Å². The fourth-order valence-electron chi connectivity index (χ4n) is 2.31. The first-order valence-corrected chi connectivity index (χ1v) is 7.03. The molecular weight excluding hydrogens is 254 g/mol. The Morgan fingerprint density at radius 2 is 2.00 bits per heavy atom. The number of carbonyl (C=O) groups is 2. The lowest BCUT2D eigenvalue weighted by Crippen LogP contribution is -2.46. The maximum absolute atomic E-state index is 12.0. The first-order valence-electron chi connectivity index (χ1n) is 7.03. The van der Waals surface area contributed by atoms with Crippen molar-refractivity contribution in [1.29, 1.82) is 0 Å². The van der Waals surface area contributed by atoms with Gasteiger partial charge in [-0.05, 0) is 37.1 Å². The van der Waals surface area contributed by atoms with Crippen LogP contribution < -0.4 is 16.0 Å². The zero-order valence-electron chi connectivity index (χ0n) is 11.7. The molecule has 1 aromatic carbocycles. The molecule has 0 bridgehead atoms. The summed E-state index contributed by atoms with van der Waals surface area (Å²) in [6.45, 7) is 1.41. The summed E-state index contributed by atoms with van der Waals surface area (Å²) in [6.07, 6.45) is 3.15. The minimum atomic E-state index is -0.105. The Labute approximate surface area is 119 Å². The predicted octanol–water partition coefficient (Wildman–Crippen LogP) is 0.804. The van der Waals surface area contributed by atoms with Gasteiger partial charge < -0.3 is 16.0 Å². The summed E-state index contributed by atoms with van der Waals surface area (Å²) in [5, 5.41) is 8.73. The molecule has 2 amide bonds. The third-order valence-corrected chi connectivity index (χ3v) is 3.54. The van der Waals surface area contributed by atoms with E-state index in [1.807, 2.05) is 12.1 Å². The molecule has 20 heavy (non-hydrogen) atoms. The highest BCUT2D eigenvalue weighted by Crippen LogP contribution is 2.08. The van der Waals surface area contributed by atoms with Gasteiger partial charge in [-0.25, -0.2) is 0 Å². The smallest absolute Gasteiger partial charge is 0.251 e. The topological polar surface area (TPSA) is 70.2 Å². The van der Waals surface area contributed by atoms with E-state index in [-0.39, 0.29) is 17.9 Å². The third kappa shape index (κ3) is 3.81. The van der Waals surface area contributed by atoms with E-state index in [0.29, 0.717) is 12.1 Å². The number of amides is 2. The second kappa shape index (κ2) is 7.05. The lowest BCUT2D eigenvalue weighted by atomic mass is 10.0. The Morgan fingerprint density at radius 1 is 1.25 bits per heavy atom. The number of benzene rings is 1. The molecule has 1 aliphatic heterocycles. The molecule has 0 unspecified atom stereocenters. The van der Waals surface area contributed by atoms with Crippen LogP contribution in [-0.4, -0.2) is 31.4 Å². The van der Waals surface area contributed by atoms with Gasteiger partial charge in [0.2, 0.25) is 5.91 Å². The van der Waals surface area contributed by atoms with Crippen molar-refractivity contribution in [3.05, 3.63) is 35.4 Å². The molecule has 0 saturated carbocycles. The van der Waals surface area contributed by atoms with Gasteiger partial charge in [-0.15, -0.1) is 0 Å². The summed E-state index contributed by atoms with van der Waals surface area (Å²) in [5.41, 5.74) is 1.61. The van der Waals surface area contributed by atoms with Gasteiger partial charge in [0, 0.05) is 19.2 Å². The molecule has 1 heterocycles. The fourth-order valence-corrected chi connectivity index (χ4v) is 2.31. The lowest BCUT2D eigenvalue weighted by molar-refractivity contribution is -0.123. The van der Waals surface area contributed by atoms with Crippen LogP contribution >= 0.6 is 0 Å². The van der Waals surface area contributed by atoms with E-state index in [0.717, 1.165) is 31.4 Å². The number of nitrogens with one attached hydrogen (secondary N) is 3. The van der Waals surface area contributed by atoms with Crippen molar-refractivity contribution in [1.82, 2.24) is 16.0 Å². The van der Waals surface area contributed by atoms with Crippen molar-refractivity contribution in [2.45, 2.75) is 31.8 Å². The van der Waals surface area contributed by atoms with Crippen LogP contribution in [-0.2, 0) is 11.3 Å². The average molecular weight is 275 g/mol. The molecular formula is C15H21N3O2. The zero-order valence-corrected chi connectivity index (χ0v) is 11.7. The van der Waals surface area contributed by atoms with E-state index in [9.17, 15) is 9.59 Å². The SMILES string of the molecule is CNC(=O)c1ccc(CNC(=O)[C@H]2CCCCN2)cc1. The first-order chi connectivity index (χ1) is 9.70. The van der Waals surface area contributed by atoms with Crippen LogP contribution in [0.5, 0.6) is 0 Å². The maximum atomic E-state index is 12.0. The van der Waals surface area contributed by atoms with Gasteiger partial charge in [-0.2, -0.15) is 0 Å². The molecule has 0 radical (unpaired) electrons. The summed E-state index contributed by atoms with van der Waals surface area (Å²) < 4.78 is 0. The van der Waals surface area contributed by atoms with Crippen LogP contribution in [0.2, 0.25) is 0 Å². The van der Waals surface area contributed by atoms with Crippen molar-refractivity contribution in [2.24, 2.45) is 0 Å². The Hall–Kier alpha value is -1.88. The van der Waals surface area contributed by atoms with Gasteiger partial charge in [0.1, 0.15) is 0 Å². The molecule has 0 aromatic heterocycles. The summed E-state index contributed by atoms with van der Waals surface area (Å²) in [4.78, 5) is 23.4. The van der Waals surface area contributed by atoms with Crippen molar-refractivity contribution < 1.29 is 9.59 Å². The zero-order chi connectivity index (χ0) is 14.4. The molecule has 5 nitrogen and oxygen atoms in total. The monoisotopic (exact) mass is 275 g/mol. The number of hydrogen-bond donors (Lipinski definition) is 3. The fraction of sp³-hybridized carbons (Fsp3) is 0.467. The largest absolute Gasteiger partial charge is 0.355 e. The Kier molecular flexibility index (Phi) is 5.12. The van der Waals surface area contributed by atoms with Gasteiger partial charge in [0.05, 0.1) is 6.04 Å². The van der Waals surface area contributed by atoms with Gasteiger partial charge >= 0.3 is 0 Å². The van der Waals surface area contributed by atoms with E-state index in [1.54, 1.807) is 19.2 Å². The van der Waals surface area contributed by atoms with E-state index in [4.69, 9.17) is 0 Å². The average Bonchev–Trinajstić information content (AvgIpc) is 2.53. The summed E-state index contributed by atoms with van der Waals surface area (Å²) in [5.74, 6) is -0.0490. The highest BCUT2D eigenvalue weighted by molar-refractivity contribution is 5.93. The standard InChI is InChI=1S/C15H21N3O2/c1-16-14(19)12-7-5-11(6-8-12)10-18-15(20)13-4-2-3-9-17-13/h5-8,13,17H,2-4,9-10H2,1H3,(H,16,19)(H,18,20)/t13-/m1/s1. The molecule has 0 aliphatic carbocycles. The van der Waals surface area contributed by atoms with Gasteiger partial charge in [-0.3, -0.25) is 9.59 Å². The molecule has 1 atom stereocenters. The first kappa shape index (κ1) is 14.5. The van der Waals surface area contributed by atoms with Gasteiger partial charge in [-0.1, -0.05) is 18.6 Å². The van der Waals surface area contributed by atoms with Crippen molar-refractivity contribution in [3.63, 3.8) is 0 Å². The van der Waals surface area contributed by atoms with E-state index < -0.39 is 0 Å². The minimum Gasteiger partial charge on any atom is -0.355 e. The van der Waals surface area contributed by atoms with Gasteiger partial charge in [0.15, 0.2) is 0 Å². The molecule has 1 fully saturated rings. The number of piperidine rings is 1. The predicted molar refractivity (Wildman–Crippen MR) is 77.3 cm³/mol. The Morgan fingerprint density at radius 3 is 2.60 bits per heavy atom. The quantitative estimate of drug-likeness (QED) is 0.761. The van der Waals surface area contributed by atoms with Crippen LogP contribution in [0.1, 0.15) is 35.2 Å². The molecule has 1 aliphatic rings. The van der Waals surface area contributed by atoms with E-state index >= 15 is 0 Å². The Balaban J connectivity index is 1.84. The van der Waals surface area contributed by atoms with Crippen LogP contribution in [0.15, 0.2) is 24.3 Å². The van der Waals surface area contributed by atoms with Crippen molar-refractivity contribution >= 4 is 11.8 Å². The minimum absolute atomic E-state index is 0.0556. The van der Waals surface area contributed by atoms with Crippen LogP contribution in [0.3, 0.4) is 0 Å². The summed E-state index contributed by atoms with van der Waals surface area (Å²) in [7, 11) is 1.60. The molecule has 1 aromatic rings. The van der Waals surface area contributed by atoms with E-state index in [1.165, 1.54) is 0 Å². The second-order valence-electron chi connectivity index (χ2n) is 5.00. The summed E-state index contributed by atoms with van der Waals surface area (Å²) >= 11 is 0.